The zero-order valence-corrected chi connectivity index (χ0v) is 8.33. The van der Waals surface area contributed by atoms with Crippen LogP contribution in [0.15, 0.2) is 12.5 Å². The second-order valence-corrected chi connectivity index (χ2v) is 4.10. The minimum Gasteiger partial charge on any atom is -0.337 e. The van der Waals surface area contributed by atoms with Gasteiger partial charge in [-0.1, -0.05) is 6.92 Å². The lowest BCUT2D eigenvalue weighted by Crippen LogP contribution is -2.18. The van der Waals surface area contributed by atoms with E-state index in [9.17, 15) is 0 Å². The summed E-state index contributed by atoms with van der Waals surface area (Å²) in [7, 11) is 2.03. The minimum absolute atomic E-state index is 0.924. The van der Waals surface area contributed by atoms with E-state index in [1.54, 1.807) is 0 Å². The predicted molar refractivity (Wildman–Crippen MR) is 52.2 cm³/mol. The van der Waals surface area contributed by atoms with E-state index in [4.69, 9.17) is 0 Å². The fourth-order valence-corrected chi connectivity index (χ4v) is 1.62. The van der Waals surface area contributed by atoms with Gasteiger partial charge in [-0.15, -0.1) is 0 Å². The molecule has 1 aliphatic carbocycles. The average Bonchev–Trinajstić information content (AvgIpc) is 2.63. The van der Waals surface area contributed by atoms with Gasteiger partial charge in [-0.2, -0.15) is 0 Å². The van der Waals surface area contributed by atoms with E-state index < -0.39 is 0 Å². The SMILES string of the molecule is CC1CC1CNCc1cncn1C. The van der Waals surface area contributed by atoms with Gasteiger partial charge in [0.15, 0.2) is 0 Å². The zero-order chi connectivity index (χ0) is 9.26. The summed E-state index contributed by atoms with van der Waals surface area (Å²) in [6.45, 7) is 4.42. The van der Waals surface area contributed by atoms with Crippen LogP contribution in [0.2, 0.25) is 0 Å². The Morgan fingerprint density at radius 2 is 2.46 bits per heavy atom. The highest BCUT2D eigenvalue weighted by Crippen LogP contribution is 2.36. The Hall–Kier alpha value is -0.830. The lowest BCUT2D eigenvalue weighted by atomic mass is 10.3. The van der Waals surface area contributed by atoms with Gasteiger partial charge in [-0.05, 0) is 24.8 Å². The van der Waals surface area contributed by atoms with Crippen LogP contribution < -0.4 is 5.32 Å². The number of imidazole rings is 1. The quantitative estimate of drug-likeness (QED) is 0.752. The molecule has 0 radical (unpaired) electrons. The summed E-state index contributed by atoms with van der Waals surface area (Å²) in [5.41, 5.74) is 1.26. The van der Waals surface area contributed by atoms with Crippen LogP contribution in [0.4, 0.5) is 0 Å². The van der Waals surface area contributed by atoms with Crippen molar-refractivity contribution in [1.29, 1.82) is 0 Å². The van der Waals surface area contributed by atoms with Crippen molar-refractivity contribution < 1.29 is 0 Å². The van der Waals surface area contributed by atoms with E-state index in [-0.39, 0.29) is 0 Å². The van der Waals surface area contributed by atoms with E-state index in [1.807, 2.05) is 19.6 Å². The summed E-state index contributed by atoms with van der Waals surface area (Å²) in [5.74, 6) is 1.87. The molecule has 1 saturated carbocycles. The van der Waals surface area contributed by atoms with Crippen molar-refractivity contribution in [3.63, 3.8) is 0 Å². The molecule has 3 nitrogen and oxygen atoms in total. The van der Waals surface area contributed by atoms with E-state index in [2.05, 4.69) is 21.8 Å². The molecule has 1 N–H and O–H groups in total. The molecule has 0 aromatic carbocycles. The lowest BCUT2D eigenvalue weighted by Gasteiger charge is -2.03. The van der Waals surface area contributed by atoms with E-state index in [1.165, 1.54) is 12.1 Å². The molecule has 2 atom stereocenters. The maximum Gasteiger partial charge on any atom is 0.0945 e. The second kappa shape index (κ2) is 3.50. The lowest BCUT2D eigenvalue weighted by molar-refractivity contribution is 0.595. The largest absolute Gasteiger partial charge is 0.337 e. The van der Waals surface area contributed by atoms with Gasteiger partial charge in [0.25, 0.3) is 0 Å². The molecule has 1 aromatic heterocycles. The number of nitrogens with zero attached hydrogens (tertiary/aromatic N) is 2. The van der Waals surface area contributed by atoms with Crippen molar-refractivity contribution >= 4 is 0 Å². The van der Waals surface area contributed by atoms with Crippen LogP contribution in [-0.2, 0) is 13.6 Å². The first kappa shape index (κ1) is 8.75. The Morgan fingerprint density at radius 1 is 1.69 bits per heavy atom. The molecule has 0 spiro atoms. The monoisotopic (exact) mass is 179 g/mol. The van der Waals surface area contributed by atoms with Gasteiger partial charge in [0.05, 0.1) is 12.0 Å². The van der Waals surface area contributed by atoms with Crippen LogP contribution in [0, 0.1) is 11.8 Å². The van der Waals surface area contributed by atoms with Crippen molar-refractivity contribution in [3.05, 3.63) is 18.2 Å². The molecule has 0 bridgehead atoms. The Labute approximate surface area is 79.2 Å². The number of hydrogen-bond donors (Lipinski definition) is 1. The molecular weight excluding hydrogens is 162 g/mol. The Balaban J connectivity index is 1.71. The maximum absolute atomic E-state index is 4.07. The Kier molecular flexibility index (Phi) is 2.36. The highest BCUT2D eigenvalue weighted by Gasteiger charge is 2.31. The second-order valence-electron chi connectivity index (χ2n) is 4.10. The number of aromatic nitrogens is 2. The van der Waals surface area contributed by atoms with Gasteiger partial charge >= 0.3 is 0 Å². The third kappa shape index (κ3) is 2.10. The maximum atomic E-state index is 4.07. The standard InChI is InChI=1S/C10H17N3/c1-8-3-9(8)4-11-5-10-6-12-7-13(10)2/h6-9,11H,3-5H2,1-2H3. The molecule has 1 heterocycles. The minimum atomic E-state index is 0.924. The van der Waals surface area contributed by atoms with Crippen LogP contribution in [-0.4, -0.2) is 16.1 Å². The molecule has 1 aromatic rings. The summed E-state index contributed by atoms with van der Waals surface area (Å²) < 4.78 is 2.06. The zero-order valence-electron chi connectivity index (χ0n) is 8.33. The molecular formula is C10H17N3. The van der Waals surface area contributed by atoms with E-state index in [0.29, 0.717) is 0 Å². The molecule has 1 fully saturated rings. The third-order valence-corrected chi connectivity index (χ3v) is 2.91. The van der Waals surface area contributed by atoms with Crippen molar-refractivity contribution in [1.82, 2.24) is 14.9 Å². The highest BCUT2D eigenvalue weighted by atomic mass is 15.0. The van der Waals surface area contributed by atoms with Crippen molar-refractivity contribution in [2.45, 2.75) is 19.9 Å². The number of rotatable bonds is 4. The molecule has 2 unspecified atom stereocenters. The molecule has 1 aliphatic rings. The van der Waals surface area contributed by atoms with E-state index >= 15 is 0 Å². The van der Waals surface area contributed by atoms with Crippen LogP contribution in [0.1, 0.15) is 19.0 Å². The topological polar surface area (TPSA) is 29.9 Å². The highest BCUT2D eigenvalue weighted by molar-refractivity contribution is 4.97. The van der Waals surface area contributed by atoms with Crippen molar-refractivity contribution in [2.24, 2.45) is 18.9 Å². The molecule has 13 heavy (non-hydrogen) atoms. The molecule has 0 aliphatic heterocycles. The van der Waals surface area contributed by atoms with Gasteiger partial charge in [-0.3, -0.25) is 0 Å². The molecule has 0 amide bonds. The first-order chi connectivity index (χ1) is 6.27. The van der Waals surface area contributed by atoms with Gasteiger partial charge in [0.2, 0.25) is 0 Å². The van der Waals surface area contributed by atoms with Crippen LogP contribution in [0.5, 0.6) is 0 Å². The third-order valence-electron chi connectivity index (χ3n) is 2.91. The Bertz CT molecular complexity index is 279. The molecule has 0 saturated heterocycles. The average molecular weight is 179 g/mol. The predicted octanol–water partition coefficient (Wildman–Crippen LogP) is 1.17. The molecule has 2 rings (SSSR count). The number of hydrogen-bond acceptors (Lipinski definition) is 2. The summed E-state index contributed by atoms with van der Waals surface area (Å²) in [4.78, 5) is 4.07. The Morgan fingerprint density at radius 3 is 3.00 bits per heavy atom. The normalized spacial score (nSPS) is 26.3. The molecule has 3 heteroatoms. The van der Waals surface area contributed by atoms with Crippen LogP contribution >= 0.6 is 0 Å². The summed E-state index contributed by atoms with van der Waals surface area (Å²) >= 11 is 0. The van der Waals surface area contributed by atoms with Crippen molar-refractivity contribution in [2.75, 3.05) is 6.54 Å². The fraction of sp³-hybridized carbons (Fsp3) is 0.700. The van der Waals surface area contributed by atoms with Gasteiger partial charge in [0, 0.05) is 19.8 Å². The van der Waals surface area contributed by atoms with E-state index in [0.717, 1.165) is 24.9 Å². The van der Waals surface area contributed by atoms with Crippen LogP contribution in [0.25, 0.3) is 0 Å². The number of aryl methyl sites for hydroxylation is 1. The number of nitrogens with one attached hydrogen (secondary N) is 1. The summed E-state index contributed by atoms with van der Waals surface area (Å²) in [6, 6.07) is 0. The fourth-order valence-electron chi connectivity index (χ4n) is 1.62. The summed E-state index contributed by atoms with van der Waals surface area (Å²) in [5, 5.41) is 3.46. The van der Waals surface area contributed by atoms with Crippen molar-refractivity contribution in [3.8, 4) is 0 Å². The van der Waals surface area contributed by atoms with Gasteiger partial charge < -0.3 is 9.88 Å². The van der Waals surface area contributed by atoms with Crippen LogP contribution in [0.3, 0.4) is 0 Å². The smallest absolute Gasteiger partial charge is 0.0945 e. The van der Waals surface area contributed by atoms with Gasteiger partial charge in [-0.25, -0.2) is 4.98 Å². The first-order valence-electron chi connectivity index (χ1n) is 4.93. The molecule has 72 valence electrons. The summed E-state index contributed by atoms with van der Waals surface area (Å²) in [6.07, 6.45) is 5.17. The first-order valence-corrected chi connectivity index (χ1v) is 4.93. The van der Waals surface area contributed by atoms with Gasteiger partial charge in [0.1, 0.15) is 0 Å².